The molecule has 0 radical (unpaired) electrons. The Kier molecular flexibility index (Phi) is 8.75. The Morgan fingerprint density at radius 1 is 1.50 bits per heavy atom. The Labute approximate surface area is 122 Å². The lowest BCUT2D eigenvalue weighted by Crippen LogP contribution is -2.57. The molecule has 3 atom stereocenters. The van der Waals surface area contributed by atoms with Gasteiger partial charge < -0.3 is 15.7 Å². The van der Waals surface area contributed by atoms with Crippen molar-refractivity contribution in [2.75, 3.05) is 26.8 Å². The van der Waals surface area contributed by atoms with Gasteiger partial charge in [-0.3, -0.25) is 10.2 Å². The molecule has 1 aliphatic heterocycles. The van der Waals surface area contributed by atoms with Gasteiger partial charge in [-0.05, 0) is 32.5 Å². The molecular weight excluding hydrogens is 256 g/mol. The van der Waals surface area contributed by atoms with Gasteiger partial charge in [0.25, 0.3) is 0 Å². The molecule has 1 rings (SSSR count). The van der Waals surface area contributed by atoms with E-state index in [0.29, 0.717) is 6.67 Å². The second-order valence-corrected chi connectivity index (χ2v) is 4.97. The van der Waals surface area contributed by atoms with E-state index >= 15 is 0 Å². The smallest absolute Gasteiger partial charge is 0.108 e. The molecule has 0 aliphatic carbocycles. The van der Waals surface area contributed by atoms with Crippen LogP contribution in [-0.4, -0.2) is 55.4 Å². The highest BCUT2D eigenvalue weighted by molar-refractivity contribution is 4.77. The number of likely N-dealkylation sites (N-methyl/N-ethyl adjacent to an activating group) is 1. The molecule has 1 aliphatic rings. The maximum atomic E-state index is 9.90. The minimum absolute atomic E-state index is 0.0803. The van der Waals surface area contributed by atoms with Crippen molar-refractivity contribution in [3.63, 3.8) is 0 Å². The second-order valence-electron chi connectivity index (χ2n) is 4.97. The third kappa shape index (κ3) is 5.74. The van der Waals surface area contributed by atoms with E-state index in [1.807, 2.05) is 7.05 Å². The third-order valence-corrected chi connectivity index (χ3v) is 3.48. The molecule has 0 aromatic heterocycles. The van der Waals surface area contributed by atoms with Crippen molar-refractivity contribution < 1.29 is 5.11 Å². The summed E-state index contributed by atoms with van der Waals surface area (Å²) < 4.78 is 0. The van der Waals surface area contributed by atoms with Gasteiger partial charge in [0.1, 0.15) is 12.4 Å². The zero-order valence-corrected chi connectivity index (χ0v) is 12.7. The van der Waals surface area contributed by atoms with Crippen LogP contribution in [0, 0.1) is 0 Å². The summed E-state index contributed by atoms with van der Waals surface area (Å²) >= 11 is 0. The van der Waals surface area contributed by atoms with Gasteiger partial charge >= 0.3 is 0 Å². The maximum Gasteiger partial charge on any atom is 0.108 e. The van der Waals surface area contributed by atoms with Gasteiger partial charge in [0, 0.05) is 13.1 Å². The molecule has 7 heteroatoms. The molecule has 6 N–H and O–H groups in total. The van der Waals surface area contributed by atoms with E-state index in [0.717, 1.165) is 32.4 Å². The third-order valence-electron chi connectivity index (χ3n) is 3.48. The van der Waals surface area contributed by atoms with Gasteiger partial charge in [-0.2, -0.15) is 0 Å². The number of nitrogens with one attached hydrogen (secondary N) is 5. The topological polar surface area (TPSA) is 83.6 Å². The fourth-order valence-electron chi connectivity index (χ4n) is 2.47. The molecule has 1 fully saturated rings. The number of aliphatic hydroxyl groups excluding tert-OH is 1. The molecule has 0 amide bonds. The first kappa shape index (κ1) is 17.4. The van der Waals surface area contributed by atoms with Crippen molar-refractivity contribution in [2.24, 2.45) is 0 Å². The van der Waals surface area contributed by atoms with Crippen LogP contribution in [0.25, 0.3) is 0 Å². The molecule has 0 saturated carbocycles. The van der Waals surface area contributed by atoms with Crippen LogP contribution in [-0.2, 0) is 0 Å². The molecule has 0 aromatic rings. The van der Waals surface area contributed by atoms with Crippen molar-refractivity contribution in [3.8, 4) is 0 Å². The maximum absolute atomic E-state index is 9.90. The largest absolute Gasteiger partial charge is 0.378 e. The average molecular weight is 286 g/mol. The van der Waals surface area contributed by atoms with Crippen molar-refractivity contribution in [1.82, 2.24) is 31.7 Å². The van der Waals surface area contributed by atoms with Crippen molar-refractivity contribution >= 4 is 0 Å². The Morgan fingerprint density at radius 2 is 2.30 bits per heavy atom. The molecule has 1 heterocycles. The molecule has 118 valence electrons. The Morgan fingerprint density at radius 3 is 2.85 bits per heavy atom. The highest BCUT2D eigenvalue weighted by Gasteiger charge is 2.27. The number of aliphatic hydroxyl groups is 1. The van der Waals surface area contributed by atoms with Gasteiger partial charge in [-0.25, -0.2) is 10.9 Å². The first-order chi connectivity index (χ1) is 9.72. The quantitative estimate of drug-likeness (QED) is 0.166. The van der Waals surface area contributed by atoms with Crippen LogP contribution in [0.1, 0.15) is 26.2 Å². The average Bonchev–Trinajstić information content (AvgIpc) is 2.85. The van der Waals surface area contributed by atoms with E-state index in [4.69, 9.17) is 0 Å². The van der Waals surface area contributed by atoms with E-state index in [2.05, 4.69) is 45.2 Å². The number of likely N-dealkylation sites (tertiary alicyclic amines) is 1. The summed E-state index contributed by atoms with van der Waals surface area (Å²) in [5, 5.41) is 19.5. The molecular formula is C13H30N6O. The van der Waals surface area contributed by atoms with Gasteiger partial charge in [0.05, 0.1) is 12.8 Å². The van der Waals surface area contributed by atoms with Crippen LogP contribution in [0.5, 0.6) is 0 Å². The van der Waals surface area contributed by atoms with E-state index in [1.54, 1.807) is 6.20 Å². The van der Waals surface area contributed by atoms with E-state index < -0.39 is 0 Å². The minimum atomic E-state index is -0.306. The standard InChI is InChI=1S/C13H30N6O/c1-4-12(19-8-6-7-13(19)20)16-10-17-18-11(9-14-3)15-5-2/h5,11-18,20H,2,4,6-10H2,1,3H3/t11?,12-,13+/m0/s1. The Hall–Kier alpha value is -0.700. The van der Waals surface area contributed by atoms with Crippen LogP contribution in [0.15, 0.2) is 12.8 Å². The number of hydrogen-bond donors (Lipinski definition) is 6. The van der Waals surface area contributed by atoms with Crippen molar-refractivity contribution in [1.29, 1.82) is 0 Å². The summed E-state index contributed by atoms with van der Waals surface area (Å²) in [4.78, 5) is 2.12. The van der Waals surface area contributed by atoms with E-state index in [1.165, 1.54) is 0 Å². The van der Waals surface area contributed by atoms with E-state index in [9.17, 15) is 5.11 Å². The van der Waals surface area contributed by atoms with E-state index in [-0.39, 0.29) is 18.6 Å². The lowest BCUT2D eigenvalue weighted by atomic mass is 10.3. The molecule has 1 unspecified atom stereocenters. The summed E-state index contributed by atoms with van der Waals surface area (Å²) in [6.07, 6.45) is 4.55. The highest BCUT2D eigenvalue weighted by atomic mass is 16.3. The summed E-state index contributed by atoms with van der Waals surface area (Å²) in [5.74, 6) is 0. The van der Waals surface area contributed by atoms with Crippen LogP contribution >= 0.6 is 0 Å². The molecule has 1 saturated heterocycles. The predicted molar refractivity (Wildman–Crippen MR) is 81.3 cm³/mol. The number of hydrogen-bond acceptors (Lipinski definition) is 7. The monoisotopic (exact) mass is 286 g/mol. The second kappa shape index (κ2) is 10.1. The molecule has 0 spiro atoms. The zero-order valence-electron chi connectivity index (χ0n) is 12.7. The van der Waals surface area contributed by atoms with Crippen LogP contribution in [0.3, 0.4) is 0 Å². The van der Waals surface area contributed by atoms with Gasteiger partial charge in [-0.15, -0.1) is 0 Å². The van der Waals surface area contributed by atoms with Gasteiger partial charge in [-0.1, -0.05) is 13.5 Å². The fourth-order valence-corrected chi connectivity index (χ4v) is 2.47. The fraction of sp³-hybridized carbons (Fsp3) is 0.846. The van der Waals surface area contributed by atoms with Gasteiger partial charge in [0.15, 0.2) is 0 Å². The predicted octanol–water partition coefficient (Wildman–Crippen LogP) is -0.943. The minimum Gasteiger partial charge on any atom is -0.378 e. The number of hydrazine groups is 1. The summed E-state index contributed by atoms with van der Waals surface area (Å²) in [7, 11) is 1.90. The molecule has 0 aromatic carbocycles. The first-order valence-corrected chi connectivity index (χ1v) is 7.40. The van der Waals surface area contributed by atoms with Crippen LogP contribution in [0.4, 0.5) is 0 Å². The Balaban J connectivity index is 2.22. The Bertz CT molecular complexity index is 265. The lowest BCUT2D eigenvalue weighted by molar-refractivity contribution is -0.00382. The lowest BCUT2D eigenvalue weighted by Gasteiger charge is -2.31. The van der Waals surface area contributed by atoms with Crippen molar-refractivity contribution in [3.05, 3.63) is 12.8 Å². The summed E-state index contributed by atoms with van der Waals surface area (Å²) in [6, 6.07) is 0. The molecule has 7 nitrogen and oxygen atoms in total. The zero-order chi connectivity index (χ0) is 14.8. The van der Waals surface area contributed by atoms with Gasteiger partial charge in [0.2, 0.25) is 0 Å². The number of nitrogens with zero attached hydrogens (tertiary/aromatic N) is 1. The SMILES string of the molecule is C=CNC(CNC)NNCN[C@H](CC)N1CCC[C@H]1O. The number of rotatable bonds is 11. The molecule has 0 bridgehead atoms. The first-order valence-electron chi connectivity index (χ1n) is 7.40. The van der Waals surface area contributed by atoms with Crippen LogP contribution < -0.4 is 26.8 Å². The normalized spacial score (nSPS) is 22.6. The van der Waals surface area contributed by atoms with Crippen LogP contribution in [0.2, 0.25) is 0 Å². The van der Waals surface area contributed by atoms with Crippen molar-refractivity contribution in [2.45, 2.75) is 44.7 Å². The highest BCUT2D eigenvalue weighted by Crippen LogP contribution is 2.17. The summed E-state index contributed by atoms with van der Waals surface area (Å²) in [6.45, 7) is 8.14. The molecule has 20 heavy (non-hydrogen) atoms. The summed E-state index contributed by atoms with van der Waals surface area (Å²) in [5.41, 5.74) is 6.30.